The highest BCUT2D eigenvalue weighted by atomic mass is 32.1. The first-order valence-corrected chi connectivity index (χ1v) is 6.61. The minimum absolute atomic E-state index is 0.0590. The summed E-state index contributed by atoms with van der Waals surface area (Å²) in [7, 11) is 0. The molecule has 100 valence electrons. The zero-order chi connectivity index (χ0) is 14.0. The maximum absolute atomic E-state index is 11.8. The number of hydrogen-bond acceptors (Lipinski definition) is 5. The summed E-state index contributed by atoms with van der Waals surface area (Å²) in [6.45, 7) is 5.31. The lowest BCUT2D eigenvalue weighted by Crippen LogP contribution is -2.31. The Labute approximate surface area is 114 Å². The monoisotopic (exact) mass is 278 g/mol. The molecular weight excluding hydrogens is 264 g/mol. The molecule has 6 nitrogen and oxygen atoms in total. The third-order valence-corrected chi connectivity index (χ3v) is 3.39. The van der Waals surface area contributed by atoms with Crippen molar-refractivity contribution in [3.63, 3.8) is 0 Å². The first-order valence-electron chi connectivity index (χ1n) is 5.73. The van der Waals surface area contributed by atoms with Crippen molar-refractivity contribution in [3.05, 3.63) is 39.0 Å². The van der Waals surface area contributed by atoms with Crippen LogP contribution in [0, 0.1) is 20.8 Å². The van der Waals surface area contributed by atoms with E-state index in [0.29, 0.717) is 16.5 Å². The number of thiazole rings is 1. The Kier molecular flexibility index (Phi) is 3.75. The molecule has 0 aliphatic heterocycles. The fourth-order valence-corrected chi connectivity index (χ4v) is 2.39. The summed E-state index contributed by atoms with van der Waals surface area (Å²) >= 11 is 1.35. The third kappa shape index (κ3) is 3.25. The van der Waals surface area contributed by atoms with E-state index in [1.165, 1.54) is 15.9 Å². The lowest BCUT2D eigenvalue weighted by molar-refractivity contribution is -0.116. The van der Waals surface area contributed by atoms with Crippen molar-refractivity contribution in [3.8, 4) is 0 Å². The van der Waals surface area contributed by atoms with E-state index in [1.54, 1.807) is 19.9 Å². The zero-order valence-electron chi connectivity index (χ0n) is 10.9. The minimum atomic E-state index is -0.414. The molecule has 0 fully saturated rings. The zero-order valence-corrected chi connectivity index (χ0v) is 11.7. The highest BCUT2D eigenvalue weighted by Gasteiger charge is 2.10. The van der Waals surface area contributed by atoms with Crippen molar-refractivity contribution in [2.45, 2.75) is 27.3 Å². The van der Waals surface area contributed by atoms with Gasteiger partial charge in [-0.1, -0.05) is 0 Å². The van der Waals surface area contributed by atoms with Crippen molar-refractivity contribution in [2.75, 3.05) is 5.32 Å². The van der Waals surface area contributed by atoms with E-state index in [-0.39, 0.29) is 12.5 Å². The van der Waals surface area contributed by atoms with E-state index in [0.717, 1.165) is 5.69 Å². The molecule has 0 unspecified atom stereocenters. The number of aryl methyl sites for hydroxylation is 3. The summed E-state index contributed by atoms with van der Waals surface area (Å²) in [5.41, 5.74) is 1.80. The number of nitrogens with zero attached hydrogens (tertiary/aromatic N) is 3. The molecular formula is C12H14N4O2S. The molecule has 2 aromatic rings. The van der Waals surface area contributed by atoms with Crippen LogP contribution in [0.2, 0.25) is 0 Å². The second kappa shape index (κ2) is 5.31. The molecule has 2 rings (SSSR count). The van der Waals surface area contributed by atoms with Gasteiger partial charge in [0.2, 0.25) is 5.91 Å². The van der Waals surface area contributed by atoms with Gasteiger partial charge in [0.1, 0.15) is 6.54 Å². The summed E-state index contributed by atoms with van der Waals surface area (Å²) in [6.07, 6.45) is 0. The van der Waals surface area contributed by atoms with Crippen LogP contribution in [-0.2, 0) is 11.3 Å². The van der Waals surface area contributed by atoms with E-state index in [1.807, 2.05) is 12.3 Å². The Morgan fingerprint density at radius 3 is 2.63 bits per heavy atom. The Morgan fingerprint density at radius 2 is 2.05 bits per heavy atom. The number of hydrogen-bond donors (Lipinski definition) is 1. The minimum Gasteiger partial charge on any atom is -0.300 e. The van der Waals surface area contributed by atoms with Gasteiger partial charge < -0.3 is 5.32 Å². The number of rotatable bonds is 3. The van der Waals surface area contributed by atoms with E-state index in [9.17, 15) is 9.59 Å². The summed E-state index contributed by atoms with van der Waals surface area (Å²) in [6, 6.07) is 1.77. The Bertz CT molecular complexity index is 675. The number of aromatic nitrogens is 3. The lowest BCUT2D eigenvalue weighted by atomic mass is 10.3. The molecule has 0 saturated carbocycles. The largest absolute Gasteiger partial charge is 0.348 e. The molecule has 0 aliphatic rings. The summed E-state index contributed by atoms with van der Waals surface area (Å²) < 4.78 is 1.34. The highest BCUT2D eigenvalue weighted by Crippen LogP contribution is 2.14. The van der Waals surface area contributed by atoms with Crippen molar-refractivity contribution < 1.29 is 4.79 Å². The second-order valence-corrected chi connectivity index (χ2v) is 5.11. The molecule has 0 spiro atoms. The van der Waals surface area contributed by atoms with Gasteiger partial charge in [0.05, 0.1) is 5.69 Å². The Balaban J connectivity index is 2.13. The predicted octanol–water partition coefficient (Wildman–Crippen LogP) is 1.26. The highest BCUT2D eigenvalue weighted by molar-refractivity contribution is 7.13. The SMILES string of the molecule is Cc1csc(NC(=O)Cn2c(C)cc(C)nc2=O)n1. The van der Waals surface area contributed by atoms with Crippen LogP contribution in [0.5, 0.6) is 0 Å². The van der Waals surface area contributed by atoms with Gasteiger partial charge in [-0.15, -0.1) is 11.3 Å². The van der Waals surface area contributed by atoms with Crippen LogP contribution < -0.4 is 11.0 Å². The molecule has 0 aliphatic carbocycles. The van der Waals surface area contributed by atoms with Crippen molar-refractivity contribution in [2.24, 2.45) is 0 Å². The molecule has 1 N–H and O–H groups in total. The molecule has 19 heavy (non-hydrogen) atoms. The van der Waals surface area contributed by atoms with Crippen molar-refractivity contribution in [1.29, 1.82) is 0 Å². The third-order valence-electron chi connectivity index (χ3n) is 2.51. The summed E-state index contributed by atoms with van der Waals surface area (Å²) in [5, 5.41) is 5.04. The molecule has 7 heteroatoms. The Hall–Kier alpha value is -2.02. The van der Waals surface area contributed by atoms with E-state index in [2.05, 4.69) is 15.3 Å². The van der Waals surface area contributed by atoms with E-state index < -0.39 is 5.69 Å². The van der Waals surface area contributed by atoms with Crippen LogP contribution in [0.25, 0.3) is 0 Å². The van der Waals surface area contributed by atoms with Crippen LogP contribution in [0.15, 0.2) is 16.2 Å². The number of carbonyl (C=O) groups excluding carboxylic acids is 1. The standard InChI is InChI=1S/C12H14N4O2S/c1-7-4-9(3)16(12(18)14-7)5-10(17)15-11-13-8(2)6-19-11/h4,6H,5H2,1-3H3,(H,13,15,17). The smallest absolute Gasteiger partial charge is 0.300 e. The summed E-state index contributed by atoms with van der Waals surface area (Å²) in [5.74, 6) is -0.287. The maximum atomic E-state index is 11.8. The quantitative estimate of drug-likeness (QED) is 0.917. The molecule has 0 atom stereocenters. The fraction of sp³-hybridized carbons (Fsp3) is 0.333. The molecule has 2 aromatic heterocycles. The lowest BCUT2D eigenvalue weighted by Gasteiger charge is -2.08. The van der Waals surface area contributed by atoms with Crippen LogP contribution in [-0.4, -0.2) is 20.4 Å². The average Bonchev–Trinajstić information content (AvgIpc) is 2.69. The topological polar surface area (TPSA) is 76.9 Å². The van der Waals surface area contributed by atoms with Gasteiger partial charge in [-0.3, -0.25) is 9.36 Å². The van der Waals surface area contributed by atoms with Gasteiger partial charge >= 0.3 is 5.69 Å². The maximum Gasteiger partial charge on any atom is 0.348 e. The van der Waals surface area contributed by atoms with Crippen molar-refractivity contribution >= 4 is 22.4 Å². The number of anilines is 1. The number of carbonyl (C=O) groups is 1. The molecule has 0 bridgehead atoms. The van der Waals surface area contributed by atoms with Crippen LogP contribution in [0.3, 0.4) is 0 Å². The van der Waals surface area contributed by atoms with Crippen LogP contribution in [0.1, 0.15) is 17.1 Å². The predicted molar refractivity (Wildman–Crippen MR) is 73.5 cm³/mol. The van der Waals surface area contributed by atoms with Crippen LogP contribution >= 0.6 is 11.3 Å². The van der Waals surface area contributed by atoms with Gasteiger partial charge in [-0.05, 0) is 26.8 Å². The van der Waals surface area contributed by atoms with Crippen LogP contribution in [0.4, 0.5) is 5.13 Å². The molecule has 2 heterocycles. The average molecular weight is 278 g/mol. The number of amides is 1. The Morgan fingerprint density at radius 1 is 1.32 bits per heavy atom. The van der Waals surface area contributed by atoms with E-state index in [4.69, 9.17) is 0 Å². The normalized spacial score (nSPS) is 10.5. The first-order chi connectivity index (χ1) is 8.95. The first kappa shape index (κ1) is 13.4. The van der Waals surface area contributed by atoms with Crippen molar-refractivity contribution in [1.82, 2.24) is 14.5 Å². The molecule has 0 saturated heterocycles. The van der Waals surface area contributed by atoms with Gasteiger partial charge in [0.15, 0.2) is 5.13 Å². The fourth-order valence-electron chi connectivity index (χ4n) is 1.68. The van der Waals surface area contributed by atoms with Gasteiger partial charge in [0.25, 0.3) is 0 Å². The molecule has 0 aromatic carbocycles. The second-order valence-electron chi connectivity index (χ2n) is 4.25. The van der Waals surface area contributed by atoms with Gasteiger partial charge in [0, 0.05) is 16.8 Å². The van der Waals surface area contributed by atoms with E-state index >= 15 is 0 Å². The summed E-state index contributed by atoms with van der Waals surface area (Å²) in [4.78, 5) is 31.5. The molecule has 1 amide bonds. The van der Waals surface area contributed by atoms with Gasteiger partial charge in [-0.2, -0.15) is 4.98 Å². The van der Waals surface area contributed by atoms with Gasteiger partial charge in [-0.25, -0.2) is 9.78 Å². The molecule has 0 radical (unpaired) electrons. The number of nitrogens with one attached hydrogen (secondary N) is 1.